The molecular weight excluding hydrogens is 236 g/mol. The standard InChI is InChI=1S/C12H24N2O4/c1-9(2)17-11(15)13(5)7-8-14(6)12(16)18-10(3)4/h9-10H,7-8H2,1-6H3. The molecule has 6 nitrogen and oxygen atoms in total. The van der Waals surface area contributed by atoms with Crippen molar-refractivity contribution in [2.75, 3.05) is 27.2 Å². The third kappa shape index (κ3) is 6.98. The second kappa shape index (κ2) is 7.79. The van der Waals surface area contributed by atoms with Gasteiger partial charge in [0.2, 0.25) is 0 Å². The summed E-state index contributed by atoms with van der Waals surface area (Å²) in [5.74, 6) is 0. The summed E-state index contributed by atoms with van der Waals surface area (Å²) in [6.45, 7) is 7.95. The van der Waals surface area contributed by atoms with E-state index < -0.39 is 12.2 Å². The van der Waals surface area contributed by atoms with Gasteiger partial charge in [0.05, 0.1) is 12.2 Å². The van der Waals surface area contributed by atoms with Crippen molar-refractivity contribution < 1.29 is 19.1 Å². The van der Waals surface area contributed by atoms with E-state index in [9.17, 15) is 9.59 Å². The van der Waals surface area contributed by atoms with Crippen molar-refractivity contribution in [2.24, 2.45) is 0 Å². The molecular formula is C12H24N2O4. The number of hydrogen-bond acceptors (Lipinski definition) is 4. The van der Waals surface area contributed by atoms with Crippen LogP contribution in [0.2, 0.25) is 0 Å². The summed E-state index contributed by atoms with van der Waals surface area (Å²) < 4.78 is 10.0. The van der Waals surface area contributed by atoms with Crippen molar-refractivity contribution in [3.63, 3.8) is 0 Å². The third-order valence-corrected chi connectivity index (χ3v) is 2.07. The Morgan fingerprint density at radius 2 is 1.11 bits per heavy atom. The summed E-state index contributed by atoms with van der Waals surface area (Å²) >= 11 is 0. The summed E-state index contributed by atoms with van der Waals surface area (Å²) in [5.41, 5.74) is 0. The maximum atomic E-state index is 11.5. The zero-order valence-corrected chi connectivity index (χ0v) is 12.1. The van der Waals surface area contributed by atoms with Gasteiger partial charge in [0.25, 0.3) is 0 Å². The van der Waals surface area contributed by atoms with Crippen LogP contribution in [0.5, 0.6) is 0 Å². The summed E-state index contributed by atoms with van der Waals surface area (Å²) in [7, 11) is 3.26. The first-order valence-corrected chi connectivity index (χ1v) is 6.07. The molecule has 0 spiro atoms. The van der Waals surface area contributed by atoms with Crippen LogP contribution >= 0.6 is 0 Å². The molecule has 18 heavy (non-hydrogen) atoms. The Kier molecular flexibility index (Phi) is 7.16. The Balaban J connectivity index is 4.01. The molecule has 0 aliphatic rings. The van der Waals surface area contributed by atoms with Crippen molar-refractivity contribution in [1.29, 1.82) is 0 Å². The van der Waals surface area contributed by atoms with Gasteiger partial charge in [-0.25, -0.2) is 9.59 Å². The lowest BCUT2D eigenvalue weighted by molar-refractivity contribution is 0.0706. The predicted molar refractivity (Wildman–Crippen MR) is 68.5 cm³/mol. The Bertz CT molecular complexity index is 251. The monoisotopic (exact) mass is 260 g/mol. The summed E-state index contributed by atoms with van der Waals surface area (Å²) in [5, 5.41) is 0. The minimum absolute atomic E-state index is 0.149. The van der Waals surface area contributed by atoms with Gasteiger partial charge < -0.3 is 19.3 Å². The summed E-state index contributed by atoms with van der Waals surface area (Å²) in [4.78, 5) is 25.8. The van der Waals surface area contributed by atoms with Crippen LogP contribution in [0.4, 0.5) is 9.59 Å². The highest BCUT2D eigenvalue weighted by Gasteiger charge is 2.15. The average molecular weight is 260 g/mol. The van der Waals surface area contributed by atoms with Gasteiger partial charge >= 0.3 is 12.2 Å². The first-order valence-electron chi connectivity index (χ1n) is 6.07. The van der Waals surface area contributed by atoms with Gasteiger partial charge in [0.1, 0.15) is 0 Å². The molecule has 0 atom stereocenters. The summed E-state index contributed by atoms with van der Waals surface area (Å²) in [6.07, 6.45) is -1.08. The number of ether oxygens (including phenoxy) is 2. The molecule has 0 aliphatic carbocycles. The van der Waals surface area contributed by atoms with Crippen molar-refractivity contribution in [3.05, 3.63) is 0 Å². The molecule has 0 saturated heterocycles. The largest absolute Gasteiger partial charge is 0.447 e. The molecule has 0 N–H and O–H groups in total. The van der Waals surface area contributed by atoms with Gasteiger partial charge in [-0.3, -0.25) is 0 Å². The van der Waals surface area contributed by atoms with E-state index in [1.165, 1.54) is 9.80 Å². The highest BCUT2D eigenvalue weighted by Crippen LogP contribution is 1.99. The van der Waals surface area contributed by atoms with Crippen molar-refractivity contribution in [2.45, 2.75) is 39.9 Å². The number of carbonyl (C=O) groups is 2. The van der Waals surface area contributed by atoms with Crippen LogP contribution in [0.25, 0.3) is 0 Å². The summed E-state index contributed by atoms with van der Waals surface area (Å²) in [6, 6.07) is 0. The fourth-order valence-electron chi connectivity index (χ4n) is 1.07. The zero-order valence-electron chi connectivity index (χ0n) is 12.1. The molecule has 0 rings (SSSR count). The number of carbonyl (C=O) groups excluding carboxylic acids is 2. The fraction of sp³-hybridized carbons (Fsp3) is 0.833. The number of nitrogens with zero attached hydrogens (tertiary/aromatic N) is 2. The van der Waals surface area contributed by atoms with E-state index in [-0.39, 0.29) is 12.2 Å². The Morgan fingerprint density at radius 3 is 1.33 bits per heavy atom. The van der Waals surface area contributed by atoms with E-state index in [1.54, 1.807) is 41.8 Å². The number of hydrogen-bond donors (Lipinski definition) is 0. The van der Waals surface area contributed by atoms with Gasteiger partial charge in [-0.1, -0.05) is 0 Å². The normalized spacial score (nSPS) is 10.4. The number of rotatable bonds is 5. The molecule has 0 radical (unpaired) electrons. The van der Waals surface area contributed by atoms with Crippen LogP contribution in [-0.2, 0) is 9.47 Å². The van der Waals surface area contributed by atoms with E-state index >= 15 is 0 Å². The molecule has 0 aromatic heterocycles. The quantitative estimate of drug-likeness (QED) is 0.758. The van der Waals surface area contributed by atoms with E-state index in [1.807, 2.05) is 0 Å². The van der Waals surface area contributed by atoms with Crippen LogP contribution < -0.4 is 0 Å². The molecule has 0 heterocycles. The van der Waals surface area contributed by atoms with Crippen LogP contribution in [0.1, 0.15) is 27.7 Å². The van der Waals surface area contributed by atoms with Gasteiger partial charge in [-0.2, -0.15) is 0 Å². The second-order valence-electron chi connectivity index (χ2n) is 4.71. The minimum atomic E-state index is -0.393. The van der Waals surface area contributed by atoms with Crippen molar-refractivity contribution >= 4 is 12.2 Å². The van der Waals surface area contributed by atoms with Crippen LogP contribution in [0.3, 0.4) is 0 Å². The Labute approximate surface area is 109 Å². The lowest BCUT2D eigenvalue weighted by atomic mass is 10.5. The minimum Gasteiger partial charge on any atom is -0.447 e. The van der Waals surface area contributed by atoms with Gasteiger partial charge in [-0.15, -0.1) is 0 Å². The lowest BCUT2D eigenvalue weighted by Gasteiger charge is -2.23. The maximum absolute atomic E-state index is 11.5. The van der Waals surface area contributed by atoms with Crippen LogP contribution in [0, 0.1) is 0 Å². The van der Waals surface area contributed by atoms with Gasteiger partial charge in [0.15, 0.2) is 0 Å². The third-order valence-electron chi connectivity index (χ3n) is 2.07. The molecule has 0 aromatic carbocycles. The first-order chi connectivity index (χ1) is 8.23. The molecule has 0 bridgehead atoms. The Morgan fingerprint density at radius 1 is 0.833 bits per heavy atom. The maximum Gasteiger partial charge on any atom is 0.409 e. The molecule has 0 aliphatic heterocycles. The lowest BCUT2D eigenvalue weighted by Crippen LogP contribution is -2.39. The van der Waals surface area contributed by atoms with Gasteiger partial charge in [-0.05, 0) is 27.7 Å². The first kappa shape index (κ1) is 16.5. The van der Waals surface area contributed by atoms with Crippen molar-refractivity contribution in [3.8, 4) is 0 Å². The van der Waals surface area contributed by atoms with Crippen molar-refractivity contribution in [1.82, 2.24) is 9.80 Å². The number of amides is 2. The highest BCUT2D eigenvalue weighted by atomic mass is 16.6. The highest BCUT2D eigenvalue weighted by molar-refractivity contribution is 5.68. The van der Waals surface area contributed by atoms with E-state index in [0.29, 0.717) is 13.1 Å². The molecule has 6 heteroatoms. The molecule has 0 unspecified atom stereocenters. The van der Waals surface area contributed by atoms with Crippen LogP contribution in [-0.4, -0.2) is 61.4 Å². The van der Waals surface area contributed by atoms with E-state index in [4.69, 9.17) is 9.47 Å². The topological polar surface area (TPSA) is 59.1 Å². The Hall–Kier alpha value is -1.46. The SMILES string of the molecule is CC(C)OC(=O)N(C)CCN(C)C(=O)OC(C)C. The smallest absolute Gasteiger partial charge is 0.409 e. The van der Waals surface area contributed by atoms with Gasteiger partial charge in [0, 0.05) is 27.2 Å². The fourth-order valence-corrected chi connectivity index (χ4v) is 1.07. The van der Waals surface area contributed by atoms with E-state index in [2.05, 4.69) is 0 Å². The average Bonchev–Trinajstić information content (AvgIpc) is 2.23. The zero-order chi connectivity index (χ0) is 14.3. The number of likely N-dealkylation sites (N-methyl/N-ethyl adjacent to an activating group) is 2. The second-order valence-corrected chi connectivity index (χ2v) is 4.71. The van der Waals surface area contributed by atoms with Crippen LogP contribution in [0.15, 0.2) is 0 Å². The van der Waals surface area contributed by atoms with E-state index in [0.717, 1.165) is 0 Å². The molecule has 2 amide bonds. The molecule has 106 valence electrons. The molecule has 0 fully saturated rings. The predicted octanol–water partition coefficient (Wildman–Crippen LogP) is 1.94. The molecule has 0 saturated carbocycles. The molecule has 0 aromatic rings.